The highest BCUT2D eigenvalue weighted by Gasteiger charge is 2.22. The topological polar surface area (TPSA) is 125 Å². The summed E-state index contributed by atoms with van der Waals surface area (Å²) in [5.41, 5.74) is 0.156. The largest absolute Gasteiger partial charge is 0.493 e. The normalized spacial score (nSPS) is 15.2. The third-order valence-corrected chi connectivity index (χ3v) is 6.52. The maximum Gasteiger partial charge on any atom is 0.271 e. The zero-order valence-corrected chi connectivity index (χ0v) is 19.0. The van der Waals surface area contributed by atoms with Gasteiger partial charge in [0.25, 0.3) is 11.6 Å². The molecule has 32 heavy (non-hydrogen) atoms. The van der Waals surface area contributed by atoms with E-state index in [1.807, 2.05) is 6.07 Å². The summed E-state index contributed by atoms with van der Waals surface area (Å²) < 4.78 is 35.2. The quantitative estimate of drug-likeness (QED) is 0.467. The molecule has 172 valence electrons. The van der Waals surface area contributed by atoms with Crippen LogP contribution in [0.2, 0.25) is 0 Å². The van der Waals surface area contributed by atoms with E-state index in [9.17, 15) is 23.3 Å². The monoisotopic (exact) mass is 462 g/mol. The van der Waals surface area contributed by atoms with E-state index in [1.54, 1.807) is 26.2 Å². The second kappa shape index (κ2) is 9.56. The summed E-state index contributed by atoms with van der Waals surface area (Å²) in [6.07, 6.45) is 5.41. The minimum Gasteiger partial charge on any atom is -0.493 e. The van der Waals surface area contributed by atoms with Crippen LogP contribution in [-0.2, 0) is 9.84 Å². The van der Waals surface area contributed by atoms with Crippen LogP contribution in [0.25, 0.3) is 0 Å². The van der Waals surface area contributed by atoms with Gasteiger partial charge in [0, 0.05) is 24.0 Å². The van der Waals surface area contributed by atoms with Crippen molar-refractivity contribution in [2.24, 2.45) is 0 Å². The molecule has 9 nitrogen and oxygen atoms in total. The Hall–Kier alpha value is -3.14. The number of sulfone groups is 1. The Morgan fingerprint density at radius 3 is 2.44 bits per heavy atom. The van der Waals surface area contributed by atoms with E-state index >= 15 is 0 Å². The van der Waals surface area contributed by atoms with Gasteiger partial charge >= 0.3 is 0 Å². The molecule has 3 rings (SSSR count). The molecule has 0 spiro atoms. The van der Waals surface area contributed by atoms with E-state index in [0.717, 1.165) is 55.7 Å². The minimum absolute atomic E-state index is 0.111. The van der Waals surface area contributed by atoms with Gasteiger partial charge in [0.05, 0.1) is 29.1 Å². The van der Waals surface area contributed by atoms with Gasteiger partial charge in [0.1, 0.15) is 0 Å². The predicted molar refractivity (Wildman–Crippen MR) is 118 cm³/mol. The van der Waals surface area contributed by atoms with Crippen molar-refractivity contribution in [3.05, 3.63) is 57.6 Å². The summed E-state index contributed by atoms with van der Waals surface area (Å²) in [7, 11) is -2.19. The van der Waals surface area contributed by atoms with Crippen LogP contribution < -0.4 is 14.8 Å². The van der Waals surface area contributed by atoms with Gasteiger partial charge in [-0.25, -0.2) is 8.42 Å². The van der Waals surface area contributed by atoms with E-state index < -0.39 is 32.4 Å². The van der Waals surface area contributed by atoms with Gasteiger partial charge in [-0.05, 0) is 56.4 Å². The number of non-ortho nitro benzene ring substituents is 1. The van der Waals surface area contributed by atoms with Gasteiger partial charge in [-0.15, -0.1) is 0 Å². The van der Waals surface area contributed by atoms with Gasteiger partial charge in [0.2, 0.25) is 0 Å². The number of nitro benzene ring substituents is 1. The lowest BCUT2D eigenvalue weighted by Gasteiger charge is -2.19. The smallest absolute Gasteiger partial charge is 0.271 e. The van der Waals surface area contributed by atoms with Gasteiger partial charge < -0.3 is 14.8 Å². The van der Waals surface area contributed by atoms with Crippen LogP contribution in [0.4, 0.5) is 5.69 Å². The number of hydrogen-bond donors (Lipinski definition) is 1. The van der Waals surface area contributed by atoms with E-state index in [0.29, 0.717) is 11.5 Å². The third kappa shape index (κ3) is 5.56. The van der Waals surface area contributed by atoms with Gasteiger partial charge in [-0.1, -0.05) is 6.07 Å². The number of rotatable bonds is 8. The van der Waals surface area contributed by atoms with Gasteiger partial charge in [0.15, 0.2) is 21.3 Å². The number of benzene rings is 2. The first kappa shape index (κ1) is 23.5. The number of nitrogens with one attached hydrogen (secondary N) is 1. The fraction of sp³-hybridized carbons (Fsp3) is 0.409. The first-order valence-corrected chi connectivity index (χ1v) is 12.1. The second-order valence-electron chi connectivity index (χ2n) is 7.87. The summed E-state index contributed by atoms with van der Waals surface area (Å²) in [6, 6.07) is 8.02. The molecule has 0 aliphatic heterocycles. The van der Waals surface area contributed by atoms with Crippen LogP contribution in [0.15, 0.2) is 41.3 Å². The van der Waals surface area contributed by atoms with Crippen LogP contribution in [0.3, 0.4) is 0 Å². The molecule has 1 N–H and O–H groups in total. The molecule has 0 heterocycles. The van der Waals surface area contributed by atoms with E-state index in [-0.39, 0.29) is 16.6 Å². The SMILES string of the molecule is COc1cc(C(C)NC(=O)c2cc([N+](=O)[O-])cc(S(C)(=O)=O)c2)ccc1OC1CCCC1. The summed E-state index contributed by atoms with van der Waals surface area (Å²) in [5.74, 6) is 0.555. The Kier molecular flexibility index (Phi) is 7.02. The average molecular weight is 463 g/mol. The average Bonchev–Trinajstić information content (AvgIpc) is 3.26. The van der Waals surface area contributed by atoms with E-state index in [2.05, 4.69) is 5.32 Å². The van der Waals surface area contributed by atoms with Crippen molar-refractivity contribution in [2.45, 2.75) is 49.6 Å². The number of ether oxygens (including phenoxy) is 2. The molecule has 2 aromatic carbocycles. The number of carbonyl (C=O) groups excluding carboxylic acids is 1. The standard InChI is InChI=1S/C22H26N2O7S/c1-14(15-8-9-20(21(12-15)30-2)31-18-6-4-5-7-18)23-22(25)16-10-17(24(26)27)13-19(11-16)32(3,28)29/h8-14,18H,4-7H2,1-3H3,(H,23,25). The highest BCUT2D eigenvalue weighted by Crippen LogP contribution is 2.34. The maximum absolute atomic E-state index is 12.7. The minimum atomic E-state index is -3.73. The fourth-order valence-corrected chi connectivity index (χ4v) is 4.31. The third-order valence-electron chi connectivity index (χ3n) is 5.42. The fourth-order valence-electron chi connectivity index (χ4n) is 3.63. The summed E-state index contributed by atoms with van der Waals surface area (Å²) >= 11 is 0. The van der Waals surface area contributed by atoms with Crippen molar-refractivity contribution >= 4 is 21.4 Å². The molecule has 1 amide bonds. The molecule has 2 aromatic rings. The molecule has 1 saturated carbocycles. The first-order chi connectivity index (χ1) is 15.1. The molecular formula is C22H26N2O7S. The number of methoxy groups -OCH3 is 1. The van der Waals surface area contributed by atoms with Crippen molar-refractivity contribution < 1.29 is 27.6 Å². The van der Waals surface area contributed by atoms with Gasteiger partial charge in [-0.2, -0.15) is 0 Å². The summed E-state index contributed by atoms with van der Waals surface area (Å²) in [6.45, 7) is 1.75. The lowest BCUT2D eigenvalue weighted by molar-refractivity contribution is -0.385. The molecular weight excluding hydrogens is 436 g/mol. The first-order valence-electron chi connectivity index (χ1n) is 10.2. The summed E-state index contributed by atoms with van der Waals surface area (Å²) in [5, 5.41) is 13.9. The van der Waals surface area contributed by atoms with Crippen molar-refractivity contribution in [1.29, 1.82) is 0 Å². The van der Waals surface area contributed by atoms with E-state index in [4.69, 9.17) is 9.47 Å². The number of nitro groups is 1. The van der Waals surface area contributed by atoms with Crippen molar-refractivity contribution in [2.75, 3.05) is 13.4 Å². The number of nitrogens with zero attached hydrogens (tertiary/aromatic N) is 1. The Morgan fingerprint density at radius 2 is 1.84 bits per heavy atom. The molecule has 0 saturated heterocycles. The second-order valence-corrected chi connectivity index (χ2v) is 9.89. The number of hydrogen-bond acceptors (Lipinski definition) is 7. The Labute approximate surface area is 186 Å². The Morgan fingerprint density at radius 1 is 1.16 bits per heavy atom. The molecule has 1 aliphatic carbocycles. The van der Waals surface area contributed by atoms with Crippen LogP contribution in [0.1, 0.15) is 54.6 Å². The van der Waals surface area contributed by atoms with Gasteiger partial charge in [-0.3, -0.25) is 14.9 Å². The number of carbonyl (C=O) groups is 1. The molecule has 1 unspecified atom stereocenters. The maximum atomic E-state index is 12.7. The predicted octanol–water partition coefficient (Wildman–Crippen LogP) is 3.82. The highest BCUT2D eigenvalue weighted by atomic mass is 32.2. The number of amides is 1. The molecule has 0 bridgehead atoms. The molecule has 10 heteroatoms. The van der Waals surface area contributed by atoms with Crippen molar-refractivity contribution in [3.63, 3.8) is 0 Å². The van der Waals surface area contributed by atoms with Crippen LogP contribution >= 0.6 is 0 Å². The molecule has 1 aliphatic rings. The van der Waals surface area contributed by atoms with Crippen LogP contribution in [0.5, 0.6) is 11.5 Å². The molecule has 1 atom stereocenters. The van der Waals surface area contributed by atoms with Crippen molar-refractivity contribution in [3.8, 4) is 11.5 Å². The molecule has 0 aromatic heterocycles. The summed E-state index contributed by atoms with van der Waals surface area (Å²) in [4.78, 5) is 22.9. The van der Waals surface area contributed by atoms with Crippen molar-refractivity contribution in [1.82, 2.24) is 5.32 Å². The van der Waals surface area contributed by atoms with E-state index in [1.165, 1.54) is 0 Å². The van der Waals surface area contributed by atoms with Crippen LogP contribution in [-0.4, -0.2) is 38.7 Å². The Balaban J connectivity index is 1.80. The van der Waals surface area contributed by atoms with Crippen LogP contribution in [0, 0.1) is 10.1 Å². The molecule has 0 radical (unpaired) electrons. The highest BCUT2D eigenvalue weighted by molar-refractivity contribution is 7.90. The lowest BCUT2D eigenvalue weighted by atomic mass is 10.1. The molecule has 1 fully saturated rings. The lowest BCUT2D eigenvalue weighted by Crippen LogP contribution is -2.27. The zero-order valence-electron chi connectivity index (χ0n) is 18.2. The Bertz CT molecular complexity index is 1130. The zero-order chi connectivity index (χ0) is 23.5.